The molecule has 31 heavy (non-hydrogen) atoms. The molecule has 0 fully saturated rings. The van der Waals surface area contributed by atoms with Gasteiger partial charge in [0.25, 0.3) is 5.91 Å². The van der Waals surface area contributed by atoms with Gasteiger partial charge in [0.2, 0.25) is 10.0 Å². The van der Waals surface area contributed by atoms with E-state index < -0.39 is 45.9 Å². The van der Waals surface area contributed by atoms with Crippen molar-refractivity contribution in [1.29, 1.82) is 0 Å². The second-order valence-electron chi connectivity index (χ2n) is 6.43. The molecule has 0 aliphatic carbocycles. The molecule has 0 aliphatic heterocycles. The van der Waals surface area contributed by atoms with Gasteiger partial charge in [0.15, 0.2) is 6.61 Å². The Hall–Kier alpha value is -2.86. The highest BCUT2D eigenvalue weighted by Gasteiger charge is 2.33. The van der Waals surface area contributed by atoms with E-state index in [1.807, 2.05) is 0 Å². The lowest BCUT2D eigenvalue weighted by molar-refractivity contribution is -0.137. The average Bonchev–Trinajstić information content (AvgIpc) is 3.09. The minimum absolute atomic E-state index is 0.116. The summed E-state index contributed by atoms with van der Waals surface area (Å²) in [6.07, 6.45) is -3.43. The topological polar surface area (TPSA) is 97.7 Å². The molecule has 1 aromatic heterocycles. The van der Waals surface area contributed by atoms with Crippen molar-refractivity contribution in [2.24, 2.45) is 7.05 Å². The quantitative estimate of drug-likeness (QED) is 0.610. The molecule has 0 unspecified atom stereocenters. The summed E-state index contributed by atoms with van der Waals surface area (Å²) in [6.45, 7) is 2.98. The van der Waals surface area contributed by atoms with Gasteiger partial charge in [0.05, 0.1) is 11.3 Å². The number of sulfonamides is 1. The van der Waals surface area contributed by atoms with Gasteiger partial charge in [-0.3, -0.25) is 4.79 Å². The maximum absolute atomic E-state index is 13.0. The molecule has 1 N–H and O–H groups in total. The molecule has 0 radical (unpaired) electrons. The minimum atomic E-state index is -4.67. The lowest BCUT2D eigenvalue weighted by Crippen LogP contribution is -2.30. The summed E-state index contributed by atoms with van der Waals surface area (Å²) in [5.74, 6) is -1.97. The molecule has 0 saturated heterocycles. The smallest absolute Gasteiger partial charge is 0.418 e. The number of aromatic nitrogens is 1. The average molecular weight is 461 g/mol. The van der Waals surface area contributed by atoms with E-state index in [1.165, 1.54) is 34.2 Å². The molecule has 0 spiro atoms. The number of nitrogens with one attached hydrogen (secondary N) is 1. The van der Waals surface area contributed by atoms with Gasteiger partial charge in [-0.05, 0) is 18.2 Å². The number of benzene rings is 1. The number of anilines is 1. The molecule has 2 aromatic rings. The number of hydrogen-bond donors (Lipinski definition) is 1. The number of hydrogen-bond acceptors (Lipinski definition) is 5. The second kappa shape index (κ2) is 9.52. The highest BCUT2D eigenvalue weighted by atomic mass is 32.2. The van der Waals surface area contributed by atoms with Gasteiger partial charge in [0, 0.05) is 26.3 Å². The molecular formula is C19H22F3N3O5S. The van der Waals surface area contributed by atoms with Gasteiger partial charge in [-0.2, -0.15) is 17.5 Å². The van der Waals surface area contributed by atoms with Crippen LogP contribution in [-0.4, -0.2) is 48.9 Å². The maximum atomic E-state index is 13.0. The summed E-state index contributed by atoms with van der Waals surface area (Å²) in [4.78, 5) is 24.1. The first kappa shape index (κ1) is 24.4. The number of rotatable bonds is 8. The third kappa shape index (κ3) is 5.64. The fraction of sp³-hybridized carbons (Fsp3) is 0.368. The Balaban J connectivity index is 2.09. The lowest BCUT2D eigenvalue weighted by atomic mass is 10.1. The number of esters is 1. The summed E-state index contributed by atoms with van der Waals surface area (Å²) in [6, 6.07) is 5.50. The van der Waals surface area contributed by atoms with Crippen LogP contribution in [0, 0.1) is 0 Å². The molecule has 0 bridgehead atoms. The highest BCUT2D eigenvalue weighted by molar-refractivity contribution is 7.89. The Morgan fingerprint density at radius 1 is 1.16 bits per heavy atom. The van der Waals surface area contributed by atoms with Gasteiger partial charge in [-0.1, -0.05) is 26.0 Å². The standard InChI is InChI=1S/C19H22F3N3O5S/c1-4-25(5-2)31(28,29)13-10-16(24(3)11-13)18(27)30-12-17(26)23-15-9-7-6-8-14(15)19(20,21)22/h6-11H,4-5,12H2,1-3H3,(H,23,26). The molecular weight excluding hydrogens is 439 g/mol. The molecule has 2 rings (SSSR count). The second-order valence-corrected chi connectivity index (χ2v) is 8.37. The zero-order valence-corrected chi connectivity index (χ0v) is 17.9. The Bertz CT molecular complexity index is 1060. The fourth-order valence-corrected chi connectivity index (χ4v) is 4.35. The third-order valence-electron chi connectivity index (χ3n) is 4.37. The number of carbonyl (C=O) groups is 2. The summed E-state index contributed by atoms with van der Waals surface area (Å²) in [7, 11) is -2.38. The Labute approximate surface area is 177 Å². The monoisotopic (exact) mass is 461 g/mol. The van der Waals surface area contributed by atoms with E-state index in [0.717, 1.165) is 18.2 Å². The third-order valence-corrected chi connectivity index (χ3v) is 6.39. The van der Waals surface area contributed by atoms with Crippen molar-refractivity contribution in [2.75, 3.05) is 25.0 Å². The van der Waals surface area contributed by atoms with Crippen molar-refractivity contribution in [3.05, 3.63) is 47.8 Å². The number of para-hydroxylation sites is 1. The van der Waals surface area contributed by atoms with Crippen LogP contribution in [0.25, 0.3) is 0 Å². The van der Waals surface area contributed by atoms with Crippen LogP contribution in [0.1, 0.15) is 29.9 Å². The molecule has 170 valence electrons. The SMILES string of the molecule is CCN(CC)S(=O)(=O)c1cc(C(=O)OCC(=O)Nc2ccccc2C(F)(F)F)n(C)c1. The van der Waals surface area contributed by atoms with Gasteiger partial charge < -0.3 is 14.6 Å². The van der Waals surface area contributed by atoms with E-state index in [-0.39, 0.29) is 23.7 Å². The van der Waals surface area contributed by atoms with Crippen molar-refractivity contribution in [3.8, 4) is 0 Å². The number of halogens is 3. The summed E-state index contributed by atoms with van der Waals surface area (Å²) in [5, 5.41) is 2.05. The van der Waals surface area contributed by atoms with Crippen molar-refractivity contribution in [2.45, 2.75) is 24.9 Å². The first-order valence-corrected chi connectivity index (χ1v) is 10.7. The predicted molar refractivity (Wildman–Crippen MR) is 106 cm³/mol. The van der Waals surface area contributed by atoms with Gasteiger partial charge in [0.1, 0.15) is 10.6 Å². The molecule has 1 aromatic carbocycles. The van der Waals surface area contributed by atoms with Gasteiger partial charge in [-0.25, -0.2) is 13.2 Å². The van der Waals surface area contributed by atoms with Crippen molar-refractivity contribution >= 4 is 27.6 Å². The normalized spacial score (nSPS) is 12.1. The first-order chi connectivity index (χ1) is 14.4. The van der Waals surface area contributed by atoms with E-state index in [9.17, 15) is 31.2 Å². The van der Waals surface area contributed by atoms with Gasteiger partial charge in [-0.15, -0.1) is 0 Å². The molecule has 0 atom stereocenters. The number of nitrogens with zero attached hydrogens (tertiary/aromatic N) is 2. The Kier molecular flexibility index (Phi) is 7.49. The minimum Gasteiger partial charge on any atom is -0.451 e. The number of alkyl halides is 3. The van der Waals surface area contributed by atoms with E-state index in [2.05, 4.69) is 5.32 Å². The fourth-order valence-electron chi connectivity index (χ4n) is 2.82. The summed E-state index contributed by atoms with van der Waals surface area (Å²) < 4.78 is 71.4. The molecule has 0 saturated carbocycles. The van der Waals surface area contributed by atoms with E-state index in [0.29, 0.717) is 0 Å². The summed E-state index contributed by atoms with van der Waals surface area (Å²) in [5.41, 5.74) is -1.64. The zero-order chi connectivity index (χ0) is 23.4. The number of amides is 1. The highest BCUT2D eigenvalue weighted by Crippen LogP contribution is 2.34. The maximum Gasteiger partial charge on any atom is 0.418 e. The molecule has 0 aliphatic rings. The summed E-state index contributed by atoms with van der Waals surface area (Å²) >= 11 is 0. The van der Waals surface area contributed by atoms with Crippen LogP contribution >= 0.6 is 0 Å². The molecule has 1 heterocycles. The first-order valence-electron chi connectivity index (χ1n) is 9.21. The van der Waals surface area contributed by atoms with Crippen molar-refractivity contribution < 1.29 is 35.9 Å². The number of ether oxygens (including phenoxy) is 1. The largest absolute Gasteiger partial charge is 0.451 e. The Morgan fingerprint density at radius 2 is 1.77 bits per heavy atom. The van der Waals surface area contributed by atoms with Crippen LogP contribution in [0.3, 0.4) is 0 Å². The number of aryl methyl sites for hydroxylation is 1. The Morgan fingerprint density at radius 3 is 2.35 bits per heavy atom. The van der Waals surface area contributed by atoms with Crippen LogP contribution in [-0.2, 0) is 32.8 Å². The molecule has 1 amide bonds. The van der Waals surface area contributed by atoms with Crippen LogP contribution < -0.4 is 5.32 Å². The van der Waals surface area contributed by atoms with Crippen LogP contribution in [0.2, 0.25) is 0 Å². The van der Waals surface area contributed by atoms with Crippen LogP contribution in [0.15, 0.2) is 41.4 Å². The van der Waals surface area contributed by atoms with E-state index >= 15 is 0 Å². The molecule has 12 heteroatoms. The van der Waals surface area contributed by atoms with Crippen LogP contribution in [0.4, 0.5) is 18.9 Å². The van der Waals surface area contributed by atoms with Crippen LogP contribution in [0.5, 0.6) is 0 Å². The predicted octanol–water partition coefficient (Wildman–Crippen LogP) is 2.87. The van der Waals surface area contributed by atoms with Gasteiger partial charge >= 0.3 is 12.1 Å². The van der Waals surface area contributed by atoms with E-state index in [4.69, 9.17) is 4.74 Å². The van der Waals surface area contributed by atoms with E-state index in [1.54, 1.807) is 13.8 Å². The number of carbonyl (C=O) groups excluding carboxylic acids is 2. The molecule has 8 nitrogen and oxygen atoms in total. The van der Waals surface area contributed by atoms with Crippen molar-refractivity contribution in [1.82, 2.24) is 8.87 Å². The van der Waals surface area contributed by atoms with Crippen molar-refractivity contribution in [3.63, 3.8) is 0 Å². The zero-order valence-electron chi connectivity index (χ0n) is 17.1. The lowest BCUT2D eigenvalue weighted by Gasteiger charge is -2.17.